The second-order valence-electron chi connectivity index (χ2n) is 12.3. The maximum Gasteiger partial charge on any atom is 0.264 e. The lowest BCUT2D eigenvalue weighted by Crippen LogP contribution is -2.59. The molecule has 2 aliphatic rings. The van der Waals surface area contributed by atoms with E-state index in [1.54, 1.807) is 18.2 Å². The Hall–Kier alpha value is -3.50. The molecule has 0 radical (unpaired) electrons. The van der Waals surface area contributed by atoms with Gasteiger partial charge in [0.1, 0.15) is 6.61 Å². The fourth-order valence-corrected chi connectivity index (χ4v) is 7.04. The van der Waals surface area contributed by atoms with Crippen LogP contribution >= 0.6 is 0 Å². The van der Waals surface area contributed by atoms with Gasteiger partial charge >= 0.3 is 0 Å². The van der Waals surface area contributed by atoms with Crippen molar-refractivity contribution in [3.05, 3.63) is 65.2 Å². The summed E-state index contributed by atoms with van der Waals surface area (Å²) in [5.74, 6) is 0.275. The van der Waals surface area contributed by atoms with Crippen LogP contribution in [0.2, 0.25) is 0 Å². The summed E-state index contributed by atoms with van der Waals surface area (Å²) in [6, 6.07) is 14.4. The zero-order valence-corrected chi connectivity index (χ0v) is 26.0. The largest absolute Gasteiger partial charge is 0.475 e. The monoisotopic (exact) mass is 591 g/mol. The Morgan fingerprint density at radius 2 is 1.71 bits per heavy atom. The third kappa shape index (κ3) is 6.44. The summed E-state index contributed by atoms with van der Waals surface area (Å²) in [6.07, 6.45) is 2.38. The second kappa shape index (κ2) is 12.0. The summed E-state index contributed by atoms with van der Waals surface area (Å²) in [5, 5.41) is 3.57. The quantitative estimate of drug-likeness (QED) is 0.398. The molecule has 1 saturated carbocycles. The molecule has 2 N–H and O–H groups in total. The predicted octanol–water partition coefficient (Wildman–Crippen LogP) is 5.34. The first kappa shape index (κ1) is 30.0. The number of nitrogens with zero attached hydrogens (tertiary/aromatic N) is 3. The molecular formula is C32H41N5O4S. The van der Waals surface area contributed by atoms with Gasteiger partial charge in [-0.05, 0) is 68.4 Å². The zero-order valence-electron chi connectivity index (χ0n) is 25.2. The molecule has 4 bridgehead atoms. The Bertz CT molecular complexity index is 1550. The number of amides is 1. The Morgan fingerprint density at radius 1 is 1.02 bits per heavy atom. The van der Waals surface area contributed by atoms with Crippen molar-refractivity contribution in [2.45, 2.75) is 89.9 Å². The molecule has 1 fully saturated rings. The minimum absolute atomic E-state index is 0.00996. The molecule has 0 unspecified atom stereocenters. The lowest BCUT2D eigenvalue weighted by molar-refractivity contribution is 0.0205. The topological polar surface area (TPSA) is 114 Å². The van der Waals surface area contributed by atoms with Crippen molar-refractivity contribution < 1.29 is 17.9 Å². The Morgan fingerprint density at radius 3 is 2.38 bits per heavy atom. The third-order valence-electron chi connectivity index (χ3n) is 7.93. The Labute approximate surface area is 249 Å². The number of anilines is 1. The van der Waals surface area contributed by atoms with Crippen LogP contribution in [-0.4, -0.2) is 60.0 Å². The molecule has 2 aromatic carbocycles. The van der Waals surface area contributed by atoms with Crippen molar-refractivity contribution in [3.8, 4) is 17.1 Å². The van der Waals surface area contributed by atoms with Crippen LogP contribution in [0.4, 0.5) is 5.95 Å². The van der Waals surface area contributed by atoms with E-state index in [2.05, 4.69) is 47.7 Å². The Kier molecular flexibility index (Phi) is 8.57. The van der Waals surface area contributed by atoms with E-state index in [0.29, 0.717) is 29.3 Å². The summed E-state index contributed by atoms with van der Waals surface area (Å²) in [5.41, 5.74) is 3.79. The van der Waals surface area contributed by atoms with Crippen molar-refractivity contribution in [3.63, 3.8) is 0 Å². The first-order valence-corrected chi connectivity index (χ1v) is 16.2. The fraction of sp³-hybridized carbons (Fsp3) is 0.469. The maximum atomic E-state index is 14.2. The minimum Gasteiger partial charge on any atom is -0.475 e. The van der Waals surface area contributed by atoms with Crippen molar-refractivity contribution in [2.75, 3.05) is 11.3 Å². The molecule has 9 nitrogen and oxygen atoms in total. The van der Waals surface area contributed by atoms with E-state index in [1.165, 1.54) is 12.1 Å². The lowest BCUT2D eigenvalue weighted by Gasteiger charge is -2.47. The first-order chi connectivity index (χ1) is 19.9. The molecule has 3 aromatic rings. The number of ether oxygens (including phenoxy) is 1. The molecule has 1 aliphatic carbocycles. The smallest absolute Gasteiger partial charge is 0.264 e. The van der Waals surface area contributed by atoms with Gasteiger partial charge < -0.3 is 15.0 Å². The predicted molar refractivity (Wildman–Crippen MR) is 164 cm³/mol. The summed E-state index contributed by atoms with van der Waals surface area (Å²) in [6.45, 7) is 12.7. The highest BCUT2D eigenvalue weighted by Gasteiger charge is 2.40. The zero-order chi connectivity index (χ0) is 30.2. The molecule has 1 aromatic heterocycles. The number of nitrogens with one attached hydrogen (secondary N) is 2. The molecule has 10 heteroatoms. The number of hydrogen-bond donors (Lipinski definition) is 2. The second-order valence-corrected chi connectivity index (χ2v) is 13.9. The summed E-state index contributed by atoms with van der Waals surface area (Å²) in [4.78, 5) is 25.2. The van der Waals surface area contributed by atoms with E-state index in [1.807, 2.05) is 36.9 Å². The van der Waals surface area contributed by atoms with Gasteiger partial charge in [-0.15, -0.1) is 0 Å². The molecule has 42 heavy (non-hydrogen) atoms. The van der Waals surface area contributed by atoms with E-state index < -0.39 is 10.0 Å². The van der Waals surface area contributed by atoms with E-state index >= 15 is 0 Å². The average molecular weight is 592 g/mol. The fourth-order valence-electron chi connectivity index (χ4n) is 6.06. The van der Waals surface area contributed by atoms with E-state index in [0.717, 1.165) is 36.0 Å². The van der Waals surface area contributed by atoms with Gasteiger partial charge in [0, 0.05) is 35.3 Å². The summed E-state index contributed by atoms with van der Waals surface area (Å²) >= 11 is 0. The molecule has 1 aliphatic heterocycles. The summed E-state index contributed by atoms with van der Waals surface area (Å²) in [7, 11) is -4.10. The van der Waals surface area contributed by atoms with Gasteiger partial charge in [-0.1, -0.05) is 52.0 Å². The molecule has 0 spiro atoms. The molecule has 0 saturated heterocycles. The molecule has 224 valence electrons. The van der Waals surface area contributed by atoms with Gasteiger partial charge in [0.05, 0.1) is 16.6 Å². The highest BCUT2D eigenvalue weighted by molar-refractivity contribution is 7.92. The number of aromatic nitrogens is 2. The normalized spacial score (nSPS) is 22.0. The van der Waals surface area contributed by atoms with Gasteiger partial charge in [-0.3, -0.25) is 4.79 Å². The standard InChI is InChI=1S/C32H41N5O4S/c1-19(2)13-26-18-41-29-17-28(30-21(5)9-7-10-22(30)6)34-32(35-29)36-42(39,40)27-12-8-11-23(14-27)31(38)37(26)25-15-24(16-25)33-20(3)4/h7-12,14,17,19-20,24-26,33H,13,15-16,18H2,1-6H3,(H,34,35,36)/t24?,25?,26-/m1/s1. The Balaban J connectivity index is 1.62. The number of sulfonamides is 1. The van der Waals surface area contributed by atoms with Gasteiger partial charge in [0.2, 0.25) is 11.8 Å². The lowest BCUT2D eigenvalue weighted by atomic mass is 9.83. The highest BCUT2D eigenvalue weighted by Crippen LogP contribution is 2.33. The van der Waals surface area contributed by atoms with Crippen molar-refractivity contribution in [2.24, 2.45) is 5.92 Å². The van der Waals surface area contributed by atoms with Crippen molar-refractivity contribution in [1.82, 2.24) is 20.2 Å². The molecule has 5 rings (SSSR count). The number of carbonyl (C=O) groups excluding carboxylic acids is 1. The molecule has 2 heterocycles. The van der Waals surface area contributed by atoms with Gasteiger partial charge in [0.25, 0.3) is 15.9 Å². The van der Waals surface area contributed by atoms with Crippen LogP contribution in [0.15, 0.2) is 53.4 Å². The highest BCUT2D eigenvalue weighted by atomic mass is 32.2. The molecule has 1 amide bonds. The van der Waals surface area contributed by atoms with Crippen LogP contribution in [-0.2, 0) is 10.0 Å². The van der Waals surface area contributed by atoms with E-state index in [-0.39, 0.29) is 41.3 Å². The van der Waals surface area contributed by atoms with Crippen LogP contribution < -0.4 is 14.8 Å². The number of aryl methyl sites for hydroxylation is 2. The van der Waals surface area contributed by atoms with Crippen LogP contribution in [0.1, 0.15) is 68.4 Å². The van der Waals surface area contributed by atoms with Crippen LogP contribution in [0.3, 0.4) is 0 Å². The SMILES string of the molecule is Cc1cccc(C)c1-c1cc2nc(n1)NS(=O)(=O)c1cccc(c1)C(=O)N(C1CC(NC(C)C)C1)[C@H](CC(C)C)CO2. The van der Waals surface area contributed by atoms with E-state index in [4.69, 9.17) is 4.74 Å². The summed E-state index contributed by atoms with van der Waals surface area (Å²) < 4.78 is 35.9. The van der Waals surface area contributed by atoms with Gasteiger partial charge in [-0.25, -0.2) is 18.1 Å². The average Bonchev–Trinajstić information content (AvgIpc) is 2.89. The number of rotatable bonds is 6. The molecule has 1 atom stereocenters. The maximum absolute atomic E-state index is 14.2. The minimum atomic E-state index is -4.10. The van der Waals surface area contributed by atoms with Crippen LogP contribution in [0, 0.1) is 19.8 Å². The number of benzene rings is 2. The first-order valence-electron chi connectivity index (χ1n) is 14.7. The number of carbonyl (C=O) groups is 1. The third-order valence-corrected chi connectivity index (χ3v) is 9.25. The molecular weight excluding hydrogens is 550 g/mol. The number of hydrogen-bond acceptors (Lipinski definition) is 7. The van der Waals surface area contributed by atoms with E-state index in [9.17, 15) is 13.2 Å². The van der Waals surface area contributed by atoms with Gasteiger partial charge in [-0.2, -0.15) is 4.98 Å². The van der Waals surface area contributed by atoms with Crippen molar-refractivity contribution >= 4 is 21.9 Å². The van der Waals surface area contributed by atoms with Crippen molar-refractivity contribution in [1.29, 1.82) is 0 Å². The van der Waals surface area contributed by atoms with Gasteiger partial charge in [0.15, 0.2) is 0 Å². The van der Waals surface area contributed by atoms with Crippen LogP contribution in [0.5, 0.6) is 5.88 Å². The number of fused-ring (bicyclic) bond motifs is 4. The van der Waals surface area contributed by atoms with Crippen LogP contribution in [0.25, 0.3) is 11.3 Å².